The highest BCUT2D eigenvalue weighted by Crippen LogP contribution is 2.28. The van der Waals surface area contributed by atoms with E-state index in [1.807, 2.05) is 7.05 Å². The highest BCUT2D eigenvalue weighted by atomic mass is 19.1. The quantitative estimate of drug-likeness (QED) is 0.755. The summed E-state index contributed by atoms with van der Waals surface area (Å²) in [6.07, 6.45) is 4.45. The van der Waals surface area contributed by atoms with Crippen molar-refractivity contribution in [1.29, 1.82) is 0 Å². The van der Waals surface area contributed by atoms with Crippen molar-refractivity contribution in [2.75, 3.05) is 18.9 Å². The number of benzene rings is 1. The Bertz CT molecular complexity index is 461. The molecule has 5 heteroatoms. The molecule has 1 aromatic carbocycles. The predicted octanol–water partition coefficient (Wildman–Crippen LogP) is 2.70. The highest BCUT2D eigenvalue weighted by molar-refractivity contribution is 5.90. The Balaban J connectivity index is 1.86. The van der Waals surface area contributed by atoms with Crippen molar-refractivity contribution in [2.24, 2.45) is 0 Å². The van der Waals surface area contributed by atoms with Crippen LogP contribution in [0.15, 0.2) is 18.2 Å². The average Bonchev–Trinajstić information content (AvgIpc) is 2.36. The number of nitrogens with one attached hydrogen (secondary N) is 2. The molecule has 0 atom stereocenters. The van der Waals surface area contributed by atoms with E-state index in [4.69, 9.17) is 4.74 Å². The molecule has 0 aliphatic heterocycles. The molecule has 0 bridgehead atoms. The minimum Gasteiger partial charge on any atom is -0.487 e. The molecule has 2 rings (SSSR count). The number of halogens is 1. The Kier molecular flexibility index (Phi) is 5.35. The number of hydrogen-bond donors (Lipinski definition) is 2. The minimum absolute atomic E-state index is 0.104. The molecule has 0 saturated heterocycles. The van der Waals surface area contributed by atoms with Gasteiger partial charge in [-0.05, 0) is 51.4 Å². The van der Waals surface area contributed by atoms with Crippen LogP contribution in [-0.2, 0) is 4.79 Å². The van der Waals surface area contributed by atoms with E-state index in [0.29, 0.717) is 12.1 Å². The standard InChI is InChI=1S/C15H21FN2O2/c1-17-9-3-6-15(19)18-11-7-8-14(13(16)10-11)20-12-4-2-5-12/h7-8,10,12,17H,2-6,9H2,1H3,(H,18,19). The van der Waals surface area contributed by atoms with Crippen LogP contribution < -0.4 is 15.4 Å². The Labute approximate surface area is 118 Å². The number of hydrogen-bond acceptors (Lipinski definition) is 3. The van der Waals surface area contributed by atoms with Gasteiger partial charge in [0.1, 0.15) is 0 Å². The number of ether oxygens (including phenoxy) is 1. The molecule has 1 aliphatic carbocycles. The summed E-state index contributed by atoms with van der Waals surface area (Å²) in [6.45, 7) is 0.788. The van der Waals surface area contributed by atoms with Gasteiger partial charge in [-0.25, -0.2) is 4.39 Å². The predicted molar refractivity (Wildman–Crippen MR) is 76.5 cm³/mol. The van der Waals surface area contributed by atoms with E-state index in [-0.39, 0.29) is 17.8 Å². The number of amides is 1. The Hall–Kier alpha value is -1.62. The molecule has 1 aromatic rings. The van der Waals surface area contributed by atoms with Crippen LogP contribution in [-0.4, -0.2) is 25.6 Å². The molecule has 0 spiro atoms. The van der Waals surface area contributed by atoms with Crippen molar-refractivity contribution in [3.05, 3.63) is 24.0 Å². The zero-order valence-electron chi connectivity index (χ0n) is 11.7. The molecule has 0 radical (unpaired) electrons. The van der Waals surface area contributed by atoms with E-state index in [2.05, 4.69) is 10.6 Å². The molecule has 2 N–H and O–H groups in total. The van der Waals surface area contributed by atoms with Crippen LogP contribution in [0.25, 0.3) is 0 Å². The monoisotopic (exact) mass is 280 g/mol. The molecule has 1 fully saturated rings. The SMILES string of the molecule is CNCCCC(=O)Nc1ccc(OC2CCC2)c(F)c1. The third-order valence-electron chi connectivity index (χ3n) is 3.39. The molecule has 1 saturated carbocycles. The van der Waals surface area contributed by atoms with Gasteiger partial charge in [-0.1, -0.05) is 0 Å². The first kappa shape index (κ1) is 14.8. The third kappa shape index (κ3) is 4.20. The summed E-state index contributed by atoms with van der Waals surface area (Å²) in [5.74, 6) is -0.264. The van der Waals surface area contributed by atoms with Crippen LogP contribution in [0.5, 0.6) is 5.75 Å². The van der Waals surface area contributed by atoms with E-state index in [1.54, 1.807) is 12.1 Å². The van der Waals surface area contributed by atoms with Gasteiger partial charge < -0.3 is 15.4 Å². The Morgan fingerprint density at radius 3 is 2.85 bits per heavy atom. The van der Waals surface area contributed by atoms with Crippen LogP contribution >= 0.6 is 0 Å². The largest absolute Gasteiger partial charge is 0.487 e. The van der Waals surface area contributed by atoms with Gasteiger partial charge in [0.25, 0.3) is 0 Å². The maximum atomic E-state index is 13.8. The van der Waals surface area contributed by atoms with Crippen LogP contribution in [0.2, 0.25) is 0 Å². The van der Waals surface area contributed by atoms with Crippen LogP contribution in [0.1, 0.15) is 32.1 Å². The van der Waals surface area contributed by atoms with Gasteiger partial charge in [0, 0.05) is 18.2 Å². The van der Waals surface area contributed by atoms with Gasteiger partial charge in [0.15, 0.2) is 11.6 Å². The zero-order chi connectivity index (χ0) is 14.4. The first-order valence-corrected chi connectivity index (χ1v) is 7.09. The second kappa shape index (κ2) is 7.24. The van der Waals surface area contributed by atoms with Crippen LogP contribution in [0.3, 0.4) is 0 Å². The summed E-state index contributed by atoms with van der Waals surface area (Å²) in [4.78, 5) is 11.6. The molecule has 1 aliphatic rings. The molecule has 20 heavy (non-hydrogen) atoms. The van der Waals surface area contributed by atoms with Gasteiger partial charge in [0.2, 0.25) is 5.91 Å². The number of anilines is 1. The van der Waals surface area contributed by atoms with Crippen molar-refractivity contribution in [2.45, 2.75) is 38.2 Å². The summed E-state index contributed by atoms with van der Waals surface area (Å²) in [6, 6.07) is 4.56. The lowest BCUT2D eigenvalue weighted by molar-refractivity contribution is -0.116. The van der Waals surface area contributed by atoms with E-state index >= 15 is 0 Å². The highest BCUT2D eigenvalue weighted by Gasteiger charge is 2.20. The van der Waals surface area contributed by atoms with Crippen molar-refractivity contribution < 1.29 is 13.9 Å². The molecule has 4 nitrogen and oxygen atoms in total. The Morgan fingerprint density at radius 1 is 1.45 bits per heavy atom. The van der Waals surface area contributed by atoms with Gasteiger partial charge in [-0.3, -0.25) is 4.79 Å². The summed E-state index contributed by atoms with van der Waals surface area (Å²) < 4.78 is 19.4. The maximum Gasteiger partial charge on any atom is 0.224 e. The third-order valence-corrected chi connectivity index (χ3v) is 3.39. The average molecular weight is 280 g/mol. The van der Waals surface area contributed by atoms with Crippen molar-refractivity contribution >= 4 is 11.6 Å². The van der Waals surface area contributed by atoms with Crippen molar-refractivity contribution in [1.82, 2.24) is 5.32 Å². The van der Waals surface area contributed by atoms with Gasteiger partial charge in [-0.2, -0.15) is 0 Å². The minimum atomic E-state index is -0.426. The Morgan fingerprint density at radius 2 is 2.25 bits per heavy atom. The number of rotatable bonds is 7. The van der Waals surface area contributed by atoms with Crippen LogP contribution in [0.4, 0.5) is 10.1 Å². The van der Waals surface area contributed by atoms with Gasteiger partial charge in [-0.15, -0.1) is 0 Å². The second-order valence-corrected chi connectivity index (χ2v) is 5.07. The van der Waals surface area contributed by atoms with Crippen molar-refractivity contribution in [3.63, 3.8) is 0 Å². The fourth-order valence-corrected chi connectivity index (χ4v) is 1.99. The summed E-state index contributed by atoms with van der Waals surface area (Å²) in [7, 11) is 1.84. The van der Waals surface area contributed by atoms with E-state index in [1.165, 1.54) is 6.07 Å². The molecule has 1 amide bonds. The lowest BCUT2D eigenvalue weighted by Crippen LogP contribution is -2.25. The fraction of sp³-hybridized carbons (Fsp3) is 0.533. The van der Waals surface area contributed by atoms with Crippen molar-refractivity contribution in [3.8, 4) is 5.75 Å². The number of carbonyl (C=O) groups is 1. The topological polar surface area (TPSA) is 50.4 Å². The van der Waals surface area contributed by atoms with Gasteiger partial charge in [0.05, 0.1) is 6.10 Å². The summed E-state index contributed by atoms with van der Waals surface area (Å²) in [5.41, 5.74) is 0.470. The van der Waals surface area contributed by atoms with E-state index in [0.717, 1.165) is 32.2 Å². The van der Waals surface area contributed by atoms with Crippen LogP contribution in [0, 0.1) is 5.82 Å². The van der Waals surface area contributed by atoms with E-state index < -0.39 is 5.82 Å². The molecule has 0 unspecified atom stereocenters. The first-order chi connectivity index (χ1) is 9.69. The molecule has 110 valence electrons. The fourth-order valence-electron chi connectivity index (χ4n) is 1.99. The smallest absolute Gasteiger partial charge is 0.224 e. The second-order valence-electron chi connectivity index (χ2n) is 5.07. The number of carbonyl (C=O) groups excluding carboxylic acids is 1. The van der Waals surface area contributed by atoms with Gasteiger partial charge >= 0.3 is 0 Å². The molecular weight excluding hydrogens is 259 g/mol. The lowest BCUT2D eigenvalue weighted by atomic mass is 9.96. The summed E-state index contributed by atoms with van der Waals surface area (Å²) >= 11 is 0. The molecule has 0 aromatic heterocycles. The van der Waals surface area contributed by atoms with E-state index in [9.17, 15) is 9.18 Å². The zero-order valence-corrected chi connectivity index (χ0v) is 11.7. The first-order valence-electron chi connectivity index (χ1n) is 7.09. The maximum absolute atomic E-state index is 13.8. The normalized spacial score (nSPS) is 14.7. The lowest BCUT2D eigenvalue weighted by Gasteiger charge is -2.26. The summed E-state index contributed by atoms with van der Waals surface area (Å²) in [5, 5.41) is 5.66. The molecule has 0 heterocycles. The molecular formula is C15H21FN2O2.